The second kappa shape index (κ2) is 23.5. The SMILES string of the molecule is c1ccc(-c2cc(-c3ccc(N(c4ccccc4)c4ccc5c(c4)C(c4ccccc4)(c4ccccc4)c4ccccc4-5)cc3)c(-c3ccccc3)cc2-c2ccc(N(c3ccccc3)c3ccc(-c4ccc(C5CCCCC5)cc4)cc3)cc2)cc1. The number of nitrogens with zero attached hydrogens (tertiary/aromatic N) is 2. The van der Waals surface area contributed by atoms with Crippen LogP contribution in [0.2, 0.25) is 0 Å². The van der Waals surface area contributed by atoms with Crippen LogP contribution in [0, 0.1) is 0 Å². The van der Waals surface area contributed by atoms with Gasteiger partial charge < -0.3 is 9.80 Å². The van der Waals surface area contributed by atoms with Crippen LogP contribution in [0.1, 0.15) is 65.8 Å². The smallest absolute Gasteiger partial charge is 0.0714 e. The molecule has 0 atom stereocenters. The molecule has 0 saturated heterocycles. The molecule has 1 saturated carbocycles. The van der Waals surface area contributed by atoms with Gasteiger partial charge in [0.05, 0.1) is 5.41 Å². The maximum absolute atomic E-state index is 2.45. The van der Waals surface area contributed by atoms with Crippen LogP contribution in [0.3, 0.4) is 0 Å². The molecule has 0 heterocycles. The van der Waals surface area contributed by atoms with Gasteiger partial charge in [0, 0.05) is 34.1 Å². The average Bonchev–Trinajstić information content (AvgIpc) is 1.59. The van der Waals surface area contributed by atoms with Gasteiger partial charge in [-0.25, -0.2) is 0 Å². The molecule has 0 bridgehead atoms. The Kier molecular flexibility index (Phi) is 14.4. The van der Waals surface area contributed by atoms with Crippen molar-refractivity contribution < 1.29 is 0 Å². The van der Waals surface area contributed by atoms with Crippen LogP contribution in [0.5, 0.6) is 0 Å². The topological polar surface area (TPSA) is 6.48 Å². The molecule has 2 heteroatoms. The third-order valence-corrected chi connectivity index (χ3v) is 18.4. The van der Waals surface area contributed by atoms with Crippen molar-refractivity contribution in [1.82, 2.24) is 0 Å². The lowest BCUT2D eigenvalue weighted by molar-refractivity contribution is 0.443. The molecule has 0 amide bonds. The third kappa shape index (κ3) is 10.0. The summed E-state index contributed by atoms with van der Waals surface area (Å²) in [5.41, 5.74) is 26.9. The van der Waals surface area contributed by atoms with Gasteiger partial charge in [0.1, 0.15) is 0 Å². The van der Waals surface area contributed by atoms with Gasteiger partial charge in [0.25, 0.3) is 0 Å². The molecule has 416 valence electrons. The number of para-hydroxylation sites is 2. The Morgan fingerprint density at radius 3 is 1.02 bits per heavy atom. The fourth-order valence-electron chi connectivity index (χ4n) is 14.2. The average molecular weight is 1120 g/mol. The van der Waals surface area contributed by atoms with Gasteiger partial charge in [0.2, 0.25) is 0 Å². The molecular formula is C85H66N2. The number of fused-ring (bicyclic) bond motifs is 3. The predicted molar refractivity (Wildman–Crippen MR) is 366 cm³/mol. The van der Waals surface area contributed by atoms with Crippen molar-refractivity contribution >= 4 is 34.1 Å². The Morgan fingerprint density at radius 1 is 0.230 bits per heavy atom. The third-order valence-electron chi connectivity index (χ3n) is 18.4. The van der Waals surface area contributed by atoms with Crippen LogP contribution in [-0.4, -0.2) is 0 Å². The summed E-state index contributed by atoms with van der Waals surface area (Å²) in [5, 5.41) is 0. The van der Waals surface area contributed by atoms with E-state index < -0.39 is 5.41 Å². The second-order valence-corrected chi connectivity index (χ2v) is 23.4. The van der Waals surface area contributed by atoms with Gasteiger partial charge in [-0.05, 0) is 198 Å². The lowest BCUT2D eigenvalue weighted by Crippen LogP contribution is -2.28. The molecule has 2 aliphatic carbocycles. The normalized spacial score (nSPS) is 13.3. The molecular weight excluding hydrogens is 1050 g/mol. The maximum Gasteiger partial charge on any atom is 0.0714 e. The van der Waals surface area contributed by atoms with Crippen molar-refractivity contribution in [3.8, 4) is 66.8 Å². The molecule has 0 unspecified atom stereocenters. The molecule has 0 aliphatic heterocycles. The first kappa shape index (κ1) is 53.2. The molecule has 0 N–H and O–H groups in total. The van der Waals surface area contributed by atoms with Crippen LogP contribution >= 0.6 is 0 Å². The number of hydrogen-bond donors (Lipinski definition) is 0. The first-order chi connectivity index (χ1) is 43.2. The van der Waals surface area contributed by atoms with Crippen molar-refractivity contribution in [2.75, 3.05) is 9.80 Å². The largest absolute Gasteiger partial charge is 0.311 e. The number of hydrogen-bond acceptors (Lipinski definition) is 2. The van der Waals surface area contributed by atoms with Gasteiger partial charge in [0.15, 0.2) is 0 Å². The summed E-state index contributed by atoms with van der Waals surface area (Å²) >= 11 is 0. The van der Waals surface area contributed by atoms with Gasteiger partial charge >= 0.3 is 0 Å². The highest BCUT2D eigenvalue weighted by Crippen LogP contribution is 2.57. The van der Waals surface area contributed by atoms with Crippen LogP contribution in [0.4, 0.5) is 34.1 Å². The van der Waals surface area contributed by atoms with E-state index in [2.05, 4.69) is 343 Å². The van der Waals surface area contributed by atoms with Gasteiger partial charge in [-0.1, -0.05) is 268 Å². The molecule has 87 heavy (non-hydrogen) atoms. The molecule has 0 aromatic heterocycles. The van der Waals surface area contributed by atoms with E-state index in [1.54, 1.807) is 0 Å². The van der Waals surface area contributed by atoms with Crippen LogP contribution in [-0.2, 0) is 5.41 Å². The Morgan fingerprint density at radius 2 is 0.563 bits per heavy atom. The highest BCUT2D eigenvalue weighted by atomic mass is 15.1. The van der Waals surface area contributed by atoms with Gasteiger partial charge in [-0.15, -0.1) is 0 Å². The predicted octanol–water partition coefficient (Wildman–Crippen LogP) is 23.4. The summed E-state index contributed by atoms with van der Waals surface area (Å²) in [6.45, 7) is 0. The minimum Gasteiger partial charge on any atom is -0.311 e. The Hall–Kier alpha value is -10.5. The quantitative estimate of drug-likeness (QED) is 0.107. The highest BCUT2D eigenvalue weighted by molar-refractivity contribution is 5.97. The Labute approximate surface area is 512 Å². The van der Waals surface area contributed by atoms with E-state index in [0.29, 0.717) is 5.92 Å². The standard InChI is InChI=1S/C85H66N2/c1-8-24-61(25-9-1)62-40-42-63(43-41-62)64-44-50-73(51-45-64)86(71-34-18-6-19-35-71)74-52-46-67(47-53-74)81-59-80(66-28-12-3-13-29-66)82(60-79(81)65-26-10-2-11-27-65)68-48-54-75(55-49-68)87(72-36-20-7-21-37-72)76-56-57-78-77-38-22-23-39-83(77)85(84(78)58-76,69-30-14-4-15-31-69)70-32-16-5-17-33-70/h2-7,10-23,26-61H,1,8-9,24-25H2. The zero-order valence-corrected chi connectivity index (χ0v) is 48.8. The summed E-state index contributed by atoms with van der Waals surface area (Å²) in [6.07, 6.45) is 6.69. The Bertz CT molecular complexity index is 4420. The number of benzene rings is 13. The summed E-state index contributed by atoms with van der Waals surface area (Å²) in [6, 6.07) is 123. The summed E-state index contributed by atoms with van der Waals surface area (Å²) in [7, 11) is 0. The first-order valence-corrected chi connectivity index (χ1v) is 30.9. The minimum atomic E-state index is -0.521. The van der Waals surface area contributed by atoms with Crippen molar-refractivity contribution in [2.24, 2.45) is 0 Å². The minimum absolute atomic E-state index is 0.521. The van der Waals surface area contributed by atoms with E-state index in [-0.39, 0.29) is 0 Å². The lowest BCUT2D eigenvalue weighted by atomic mass is 9.67. The van der Waals surface area contributed by atoms with E-state index in [0.717, 1.165) is 45.3 Å². The monoisotopic (exact) mass is 1110 g/mol. The molecule has 13 aromatic carbocycles. The number of rotatable bonds is 14. The molecule has 2 aliphatic rings. The van der Waals surface area contributed by atoms with E-state index in [9.17, 15) is 0 Å². The molecule has 13 aromatic rings. The van der Waals surface area contributed by atoms with Crippen LogP contribution in [0.25, 0.3) is 66.8 Å². The molecule has 0 spiro atoms. The summed E-state index contributed by atoms with van der Waals surface area (Å²) in [4.78, 5) is 4.78. The molecule has 1 fully saturated rings. The highest BCUT2D eigenvalue weighted by Gasteiger charge is 2.46. The Balaban J connectivity index is 0.810. The van der Waals surface area contributed by atoms with Gasteiger partial charge in [-0.2, -0.15) is 0 Å². The van der Waals surface area contributed by atoms with E-state index in [4.69, 9.17) is 0 Å². The summed E-state index contributed by atoms with van der Waals surface area (Å²) in [5.74, 6) is 0.700. The zero-order chi connectivity index (χ0) is 57.9. The molecule has 0 radical (unpaired) electrons. The van der Waals surface area contributed by atoms with Crippen LogP contribution in [0.15, 0.2) is 334 Å². The van der Waals surface area contributed by atoms with Crippen molar-refractivity contribution in [3.05, 3.63) is 361 Å². The van der Waals surface area contributed by atoms with E-state index >= 15 is 0 Å². The van der Waals surface area contributed by atoms with Crippen molar-refractivity contribution in [2.45, 2.75) is 43.4 Å². The second-order valence-electron chi connectivity index (χ2n) is 23.4. The van der Waals surface area contributed by atoms with E-state index in [1.807, 2.05) is 0 Å². The fraction of sp³-hybridized carbons (Fsp3) is 0.0824. The fourth-order valence-corrected chi connectivity index (χ4v) is 14.2. The lowest BCUT2D eigenvalue weighted by Gasteiger charge is -2.35. The zero-order valence-electron chi connectivity index (χ0n) is 48.8. The molecule has 15 rings (SSSR count). The number of anilines is 6. The first-order valence-electron chi connectivity index (χ1n) is 30.9. The maximum atomic E-state index is 2.45. The summed E-state index contributed by atoms with van der Waals surface area (Å²) < 4.78 is 0. The van der Waals surface area contributed by atoms with Crippen molar-refractivity contribution in [3.63, 3.8) is 0 Å². The van der Waals surface area contributed by atoms with Gasteiger partial charge in [-0.3, -0.25) is 0 Å². The van der Waals surface area contributed by atoms with Crippen molar-refractivity contribution in [1.29, 1.82) is 0 Å². The molecule has 2 nitrogen and oxygen atoms in total. The van der Waals surface area contributed by atoms with E-state index in [1.165, 1.54) is 116 Å². The van der Waals surface area contributed by atoms with Crippen LogP contribution < -0.4 is 9.80 Å².